The van der Waals surface area contributed by atoms with Gasteiger partial charge in [-0.15, -0.1) is 0 Å². The zero-order valence-corrected chi connectivity index (χ0v) is 24.6. The van der Waals surface area contributed by atoms with Gasteiger partial charge in [0.25, 0.3) is 5.91 Å². The minimum Gasteiger partial charge on any atom is -0.497 e. The molecule has 0 unspecified atom stereocenters. The van der Waals surface area contributed by atoms with E-state index < -0.39 is 5.92 Å². The molecule has 1 amide bonds. The summed E-state index contributed by atoms with van der Waals surface area (Å²) in [6.07, 6.45) is 0.935. The van der Waals surface area contributed by atoms with Gasteiger partial charge in [0.1, 0.15) is 11.5 Å². The lowest BCUT2D eigenvalue weighted by Crippen LogP contribution is -2.37. The van der Waals surface area contributed by atoms with Crippen molar-refractivity contribution in [3.8, 4) is 23.0 Å². The Hall–Kier alpha value is -4.72. The van der Waals surface area contributed by atoms with Gasteiger partial charge in [0.2, 0.25) is 0 Å². The van der Waals surface area contributed by atoms with E-state index in [0.717, 1.165) is 22.6 Å². The number of amides is 1. The van der Waals surface area contributed by atoms with Crippen LogP contribution in [0.1, 0.15) is 49.7 Å². The number of anilines is 1. The standard InChI is InChI=1S/C34H36N2O6/c1-6-42-26-12-7-21(8-13-26)32-31(34(38)36-24-10-14-25(39-3)15-11-24)20(2)35-27-17-23(18-28(37)33(27)32)22-9-16-29(40-4)30(19-22)41-5/h7-16,19,23,32,35H,6,17-18H2,1-5H3,(H,36,38)/t23-,32-/m0/s1. The zero-order chi connectivity index (χ0) is 29.8. The van der Waals surface area contributed by atoms with E-state index in [1.54, 1.807) is 45.6 Å². The van der Waals surface area contributed by atoms with Crippen LogP contribution in [0.3, 0.4) is 0 Å². The molecule has 5 rings (SSSR count). The lowest BCUT2D eigenvalue weighted by Gasteiger charge is -2.37. The molecular formula is C34H36N2O6. The van der Waals surface area contributed by atoms with E-state index in [1.807, 2.05) is 56.3 Å². The maximum atomic E-state index is 14.0. The van der Waals surface area contributed by atoms with Crippen LogP contribution in [0.2, 0.25) is 0 Å². The molecule has 0 fully saturated rings. The van der Waals surface area contributed by atoms with Gasteiger partial charge in [-0.05, 0) is 85.8 Å². The summed E-state index contributed by atoms with van der Waals surface area (Å²) in [4.78, 5) is 27.9. The Kier molecular flexibility index (Phi) is 8.52. The normalized spacial score (nSPS) is 18.2. The molecule has 0 aromatic heterocycles. The number of methoxy groups -OCH3 is 3. The summed E-state index contributed by atoms with van der Waals surface area (Å²) in [5, 5.41) is 6.46. The number of ketones is 1. The second-order valence-corrected chi connectivity index (χ2v) is 10.3. The van der Waals surface area contributed by atoms with Crippen LogP contribution in [0.4, 0.5) is 5.69 Å². The van der Waals surface area contributed by atoms with Gasteiger partial charge in [0.05, 0.1) is 27.9 Å². The van der Waals surface area contributed by atoms with Crippen LogP contribution in [0.15, 0.2) is 89.3 Å². The van der Waals surface area contributed by atoms with Crippen molar-refractivity contribution in [2.45, 2.75) is 38.5 Å². The van der Waals surface area contributed by atoms with Crippen molar-refractivity contribution in [3.05, 3.63) is 100 Å². The van der Waals surface area contributed by atoms with Crippen molar-refractivity contribution in [1.82, 2.24) is 5.32 Å². The van der Waals surface area contributed by atoms with Crippen LogP contribution in [-0.2, 0) is 9.59 Å². The molecule has 1 aliphatic heterocycles. The van der Waals surface area contributed by atoms with Crippen LogP contribution in [0, 0.1) is 0 Å². The summed E-state index contributed by atoms with van der Waals surface area (Å²) >= 11 is 0. The second kappa shape index (κ2) is 12.4. The smallest absolute Gasteiger partial charge is 0.254 e. The molecule has 3 aromatic carbocycles. The molecule has 3 aromatic rings. The van der Waals surface area contributed by atoms with E-state index >= 15 is 0 Å². The highest BCUT2D eigenvalue weighted by Crippen LogP contribution is 2.46. The number of hydrogen-bond acceptors (Lipinski definition) is 7. The summed E-state index contributed by atoms with van der Waals surface area (Å²) in [5.74, 6) is 1.84. The molecule has 0 saturated heterocycles. The van der Waals surface area contributed by atoms with Crippen LogP contribution < -0.4 is 29.6 Å². The lowest BCUT2D eigenvalue weighted by atomic mass is 9.71. The van der Waals surface area contributed by atoms with Crippen LogP contribution in [0.25, 0.3) is 0 Å². The molecule has 8 heteroatoms. The van der Waals surface area contributed by atoms with Gasteiger partial charge in [0.15, 0.2) is 17.3 Å². The average molecular weight is 569 g/mol. The summed E-state index contributed by atoms with van der Waals surface area (Å²) in [6.45, 7) is 4.37. The molecule has 0 radical (unpaired) electrons. The highest BCUT2D eigenvalue weighted by molar-refractivity contribution is 6.10. The monoisotopic (exact) mass is 568 g/mol. The van der Waals surface area contributed by atoms with Gasteiger partial charge in [0, 0.05) is 40.6 Å². The Labute approximate surface area is 246 Å². The topological polar surface area (TPSA) is 95.1 Å². The molecule has 2 aliphatic rings. The van der Waals surface area contributed by atoms with Crippen LogP contribution >= 0.6 is 0 Å². The molecule has 2 atom stereocenters. The van der Waals surface area contributed by atoms with Gasteiger partial charge in [-0.1, -0.05) is 18.2 Å². The van der Waals surface area contributed by atoms with Gasteiger partial charge >= 0.3 is 0 Å². The van der Waals surface area contributed by atoms with Gasteiger partial charge in [-0.2, -0.15) is 0 Å². The number of allylic oxidation sites excluding steroid dienone is 3. The molecule has 1 aliphatic carbocycles. The predicted octanol–water partition coefficient (Wildman–Crippen LogP) is 6.11. The fraction of sp³-hybridized carbons (Fsp3) is 0.294. The first kappa shape index (κ1) is 28.8. The Morgan fingerprint density at radius 2 is 1.52 bits per heavy atom. The summed E-state index contributed by atoms with van der Waals surface area (Å²) in [5.41, 5.74) is 5.16. The molecule has 0 saturated carbocycles. The molecular weight excluding hydrogens is 532 g/mol. The van der Waals surface area contributed by atoms with Crippen LogP contribution in [-0.4, -0.2) is 39.6 Å². The molecule has 0 bridgehead atoms. The number of ether oxygens (including phenoxy) is 4. The third-order valence-electron chi connectivity index (χ3n) is 7.82. The number of dihydropyridines is 1. The summed E-state index contributed by atoms with van der Waals surface area (Å²) < 4.78 is 21.8. The van der Waals surface area contributed by atoms with E-state index in [9.17, 15) is 9.59 Å². The number of rotatable bonds is 9. The second-order valence-electron chi connectivity index (χ2n) is 10.3. The Balaban J connectivity index is 1.52. The Bertz CT molecular complexity index is 1540. The SMILES string of the molecule is CCOc1ccc([C@H]2C(C(=O)Nc3ccc(OC)cc3)=C(C)NC3=C2C(=O)C[C@@H](c2ccc(OC)c(OC)c2)C3)cc1. The number of nitrogens with one attached hydrogen (secondary N) is 2. The summed E-state index contributed by atoms with van der Waals surface area (Å²) in [6, 6.07) is 20.6. The fourth-order valence-electron chi connectivity index (χ4n) is 5.81. The maximum absolute atomic E-state index is 14.0. The maximum Gasteiger partial charge on any atom is 0.254 e. The average Bonchev–Trinajstić information content (AvgIpc) is 3.00. The van der Waals surface area contributed by atoms with Gasteiger partial charge in [-0.3, -0.25) is 9.59 Å². The first-order valence-corrected chi connectivity index (χ1v) is 14.0. The number of benzene rings is 3. The number of carbonyl (C=O) groups is 2. The van der Waals surface area contributed by atoms with Crippen molar-refractivity contribution in [2.75, 3.05) is 33.3 Å². The van der Waals surface area contributed by atoms with Gasteiger partial charge in [-0.25, -0.2) is 0 Å². The number of carbonyl (C=O) groups excluding carboxylic acids is 2. The molecule has 1 heterocycles. The highest BCUT2D eigenvalue weighted by Gasteiger charge is 2.41. The molecule has 218 valence electrons. The minimum absolute atomic E-state index is 0.00432. The van der Waals surface area contributed by atoms with E-state index in [-0.39, 0.29) is 17.6 Å². The largest absolute Gasteiger partial charge is 0.497 e. The number of Topliss-reactive ketones (excluding diaryl/α,β-unsaturated/α-hetero) is 1. The third-order valence-corrected chi connectivity index (χ3v) is 7.82. The predicted molar refractivity (Wildman–Crippen MR) is 161 cm³/mol. The number of hydrogen-bond donors (Lipinski definition) is 2. The quantitative estimate of drug-likeness (QED) is 0.322. The Morgan fingerprint density at radius 1 is 0.857 bits per heavy atom. The Morgan fingerprint density at radius 3 is 2.17 bits per heavy atom. The van der Waals surface area contributed by atoms with E-state index in [0.29, 0.717) is 59.2 Å². The molecule has 0 spiro atoms. The molecule has 2 N–H and O–H groups in total. The molecule has 42 heavy (non-hydrogen) atoms. The van der Waals surface area contributed by atoms with Crippen molar-refractivity contribution >= 4 is 17.4 Å². The summed E-state index contributed by atoms with van der Waals surface area (Å²) in [7, 11) is 4.80. The van der Waals surface area contributed by atoms with E-state index in [4.69, 9.17) is 18.9 Å². The first-order valence-electron chi connectivity index (χ1n) is 14.0. The lowest BCUT2D eigenvalue weighted by molar-refractivity contribution is -0.116. The van der Waals surface area contributed by atoms with Crippen molar-refractivity contribution < 1.29 is 28.5 Å². The van der Waals surface area contributed by atoms with E-state index in [2.05, 4.69) is 10.6 Å². The third kappa shape index (κ3) is 5.70. The van der Waals surface area contributed by atoms with Crippen LogP contribution in [0.5, 0.6) is 23.0 Å². The molecule has 8 nitrogen and oxygen atoms in total. The highest BCUT2D eigenvalue weighted by atomic mass is 16.5. The van der Waals surface area contributed by atoms with E-state index in [1.165, 1.54) is 0 Å². The van der Waals surface area contributed by atoms with Crippen molar-refractivity contribution in [1.29, 1.82) is 0 Å². The van der Waals surface area contributed by atoms with Crippen molar-refractivity contribution in [2.24, 2.45) is 0 Å². The van der Waals surface area contributed by atoms with Crippen molar-refractivity contribution in [3.63, 3.8) is 0 Å². The fourth-order valence-corrected chi connectivity index (χ4v) is 5.81. The first-order chi connectivity index (χ1) is 20.4. The minimum atomic E-state index is -0.533. The van der Waals surface area contributed by atoms with Gasteiger partial charge < -0.3 is 29.6 Å². The zero-order valence-electron chi connectivity index (χ0n) is 24.6.